The van der Waals surface area contributed by atoms with Gasteiger partial charge in [0.25, 0.3) is 0 Å². The minimum absolute atomic E-state index is 0.271. The monoisotopic (exact) mass is 200 g/mol. The van der Waals surface area contributed by atoms with E-state index in [0.29, 0.717) is 6.54 Å². The Morgan fingerprint density at radius 1 is 1.50 bits per heavy atom. The second-order valence-electron chi connectivity index (χ2n) is 4.23. The van der Waals surface area contributed by atoms with E-state index in [0.717, 1.165) is 32.0 Å². The zero-order valence-corrected chi connectivity index (χ0v) is 9.54. The van der Waals surface area contributed by atoms with E-state index < -0.39 is 0 Å². The van der Waals surface area contributed by atoms with Crippen LogP contribution in [0.5, 0.6) is 0 Å². The fraction of sp³-hybridized carbons (Fsp3) is 1.00. The van der Waals surface area contributed by atoms with Gasteiger partial charge in [0, 0.05) is 19.1 Å². The zero-order chi connectivity index (χ0) is 10.4. The summed E-state index contributed by atoms with van der Waals surface area (Å²) in [5.74, 6) is 0. The van der Waals surface area contributed by atoms with E-state index in [4.69, 9.17) is 10.5 Å². The molecule has 84 valence electrons. The second-order valence-corrected chi connectivity index (χ2v) is 4.23. The van der Waals surface area contributed by atoms with E-state index in [1.165, 1.54) is 12.8 Å². The number of rotatable bonds is 8. The Balaban J connectivity index is 1.99. The van der Waals surface area contributed by atoms with Gasteiger partial charge in [-0.3, -0.25) is 0 Å². The molecule has 0 aromatic rings. The first-order valence-corrected chi connectivity index (χ1v) is 5.79. The molecule has 1 saturated carbocycles. The summed E-state index contributed by atoms with van der Waals surface area (Å²) < 4.78 is 5.71. The molecule has 1 atom stereocenters. The molecule has 1 aliphatic rings. The number of hydrogen-bond acceptors (Lipinski definition) is 3. The summed E-state index contributed by atoms with van der Waals surface area (Å²) in [6, 6.07) is 0.834. The normalized spacial score (nSPS) is 18.9. The average Bonchev–Trinajstić information content (AvgIpc) is 2.99. The molecule has 0 aliphatic heterocycles. The first-order chi connectivity index (χ1) is 6.77. The van der Waals surface area contributed by atoms with E-state index in [2.05, 4.69) is 18.9 Å². The maximum atomic E-state index is 5.71. The maximum absolute atomic E-state index is 5.71. The van der Waals surface area contributed by atoms with Crippen LogP contribution >= 0.6 is 0 Å². The minimum atomic E-state index is 0.271. The smallest absolute Gasteiger partial charge is 0.0697 e. The summed E-state index contributed by atoms with van der Waals surface area (Å²) in [6.07, 6.45) is 5.24. The van der Waals surface area contributed by atoms with Crippen molar-refractivity contribution in [2.75, 3.05) is 26.7 Å². The molecule has 0 spiro atoms. The molecular formula is C11H24N2O. The summed E-state index contributed by atoms with van der Waals surface area (Å²) >= 11 is 0. The Hall–Kier alpha value is -0.120. The van der Waals surface area contributed by atoms with Gasteiger partial charge in [-0.05, 0) is 26.3 Å². The lowest BCUT2D eigenvalue weighted by molar-refractivity contribution is 0.0400. The van der Waals surface area contributed by atoms with E-state index >= 15 is 0 Å². The van der Waals surface area contributed by atoms with Crippen molar-refractivity contribution in [3.8, 4) is 0 Å². The minimum Gasteiger partial charge on any atom is -0.376 e. The Bertz CT molecular complexity index is 148. The van der Waals surface area contributed by atoms with Crippen LogP contribution in [0.4, 0.5) is 0 Å². The molecular weight excluding hydrogens is 176 g/mol. The van der Waals surface area contributed by atoms with Gasteiger partial charge < -0.3 is 15.4 Å². The van der Waals surface area contributed by atoms with Crippen LogP contribution in [0, 0.1) is 0 Å². The average molecular weight is 200 g/mol. The topological polar surface area (TPSA) is 38.5 Å². The number of nitrogens with zero attached hydrogens (tertiary/aromatic N) is 1. The van der Waals surface area contributed by atoms with Crippen LogP contribution in [0.25, 0.3) is 0 Å². The van der Waals surface area contributed by atoms with Crippen molar-refractivity contribution in [1.82, 2.24) is 4.90 Å². The van der Waals surface area contributed by atoms with Crippen molar-refractivity contribution < 1.29 is 4.74 Å². The number of nitrogens with two attached hydrogens (primary N) is 1. The third-order valence-electron chi connectivity index (χ3n) is 2.84. The molecule has 0 heterocycles. The maximum Gasteiger partial charge on any atom is 0.0697 e. The second kappa shape index (κ2) is 6.38. The van der Waals surface area contributed by atoms with Crippen molar-refractivity contribution in [3.05, 3.63) is 0 Å². The van der Waals surface area contributed by atoms with Gasteiger partial charge >= 0.3 is 0 Å². The summed E-state index contributed by atoms with van der Waals surface area (Å²) in [6.45, 7) is 4.70. The fourth-order valence-electron chi connectivity index (χ4n) is 1.65. The SMILES string of the molecule is CCCC(CN)OCCN(C)C1CC1. The van der Waals surface area contributed by atoms with Gasteiger partial charge in [-0.25, -0.2) is 0 Å². The standard InChI is InChI=1S/C11H24N2O/c1-3-4-11(9-12)14-8-7-13(2)10-5-6-10/h10-11H,3-9,12H2,1-2H3. The summed E-state index contributed by atoms with van der Waals surface area (Å²) in [4.78, 5) is 2.39. The predicted molar refractivity (Wildman–Crippen MR) is 59.4 cm³/mol. The van der Waals surface area contributed by atoms with Crippen LogP contribution < -0.4 is 5.73 Å². The van der Waals surface area contributed by atoms with Gasteiger partial charge in [0.1, 0.15) is 0 Å². The van der Waals surface area contributed by atoms with Crippen molar-refractivity contribution >= 4 is 0 Å². The van der Waals surface area contributed by atoms with Gasteiger partial charge in [-0.15, -0.1) is 0 Å². The molecule has 0 radical (unpaired) electrons. The molecule has 2 N–H and O–H groups in total. The van der Waals surface area contributed by atoms with Gasteiger partial charge in [0.05, 0.1) is 12.7 Å². The molecule has 3 heteroatoms. The quantitative estimate of drug-likeness (QED) is 0.640. The first kappa shape index (κ1) is 12.0. The van der Waals surface area contributed by atoms with Crippen molar-refractivity contribution in [3.63, 3.8) is 0 Å². The highest BCUT2D eigenvalue weighted by atomic mass is 16.5. The summed E-state index contributed by atoms with van der Waals surface area (Å²) in [7, 11) is 2.18. The van der Waals surface area contributed by atoms with Crippen LogP contribution in [-0.2, 0) is 4.74 Å². The van der Waals surface area contributed by atoms with E-state index in [1.54, 1.807) is 0 Å². The molecule has 0 aromatic heterocycles. The highest BCUT2D eigenvalue weighted by Crippen LogP contribution is 2.24. The van der Waals surface area contributed by atoms with Gasteiger partial charge in [-0.2, -0.15) is 0 Å². The highest BCUT2D eigenvalue weighted by Gasteiger charge is 2.25. The number of likely N-dealkylation sites (N-methyl/N-ethyl adjacent to an activating group) is 1. The van der Waals surface area contributed by atoms with E-state index in [9.17, 15) is 0 Å². The summed E-state index contributed by atoms with van der Waals surface area (Å²) in [5, 5.41) is 0. The van der Waals surface area contributed by atoms with E-state index in [1.807, 2.05) is 0 Å². The van der Waals surface area contributed by atoms with Crippen LogP contribution in [0.15, 0.2) is 0 Å². The molecule has 14 heavy (non-hydrogen) atoms. The predicted octanol–water partition coefficient (Wildman–Crippen LogP) is 1.22. The van der Waals surface area contributed by atoms with Crippen molar-refractivity contribution in [2.24, 2.45) is 5.73 Å². The number of ether oxygens (including phenoxy) is 1. The Labute approximate surface area is 87.6 Å². The molecule has 0 bridgehead atoms. The third kappa shape index (κ3) is 4.40. The Morgan fingerprint density at radius 2 is 2.21 bits per heavy atom. The molecule has 1 unspecified atom stereocenters. The Morgan fingerprint density at radius 3 is 2.71 bits per heavy atom. The van der Waals surface area contributed by atoms with Crippen LogP contribution in [0.3, 0.4) is 0 Å². The molecule has 0 saturated heterocycles. The van der Waals surface area contributed by atoms with Gasteiger partial charge in [-0.1, -0.05) is 13.3 Å². The largest absolute Gasteiger partial charge is 0.376 e. The lowest BCUT2D eigenvalue weighted by atomic mass is 10.2. The van der Waals surface area contributed by atoms with Gasteiger partial charge in [0.15, 0.2) is 0 Å². The highest BCUT2D eigenvalue weighted by molar-refractivity contribution is 4.82. The lowest BCUT2D eigenvalue weighted by Crippen LogP contribution is -2.30. The van der Waals surface area contributed by atoms with Gasteiger partial charge in [0.2, 0.25) is 0 Å². The van der Waals surface area contributed by atoms with Crippen molar-refractivity contribution in [2.45, 2.75) is 44.8 Å². The molecule has 3 nitrogen and oxygen atoms in total. The van der Waals surface area contributed by atoms with Crippen LogP contribution in [0.2, 0.25) is 0 Å². The summed E-state index contributed by atoms with van der Waals surface area (Å²) in [5.41, 5.74) is 5.61. The molecule has 1 fully saturated rings. The first-order valence-electron chi connectivity index (χ1n) is 5.79. The molecule has 0 aromatic carbocycles. The zero-order valence-electron chi connectivity index (χ0n) is 9.54. The van der Waals surface area contributed by atoms with Crippen molar-refractivity contribution in [1.29, 1.82) is 0 Å². The molecule has 1 rings (SSSR count). The van der Waals surface area contributed by atoms with Crippen LogP contribution in [0.1, 0.15) is 32.6 Å². The molecule has 1 aliphatic carbocycles. The Kier molecular flexibility index (Phi) is 5.45. The lowest BCUT2D eigenvalue weighted by Gasteiger charge is -2.19. The van der Waals surface area contributed by atoms with Crippen LogP contribution in [-0.4, -0.2) is 43.8 Å². The number of hydrogen-bond donors (Lipinski definition) is 1. The third-order valence-corrected chi connectivity index (χ3v) is 2.84. The fourth-order valence-corrected chi connectivity index (χ4v) is 1.65. The molecule has 0 amide bonds. The van der Waals surface area contributed by atoms with E-state index in [-0.39, 0.29) is 6.10 Å².